The van der Waals surface area contributed by atoms with E-state index >= 15 is 0 Å². The average Bonchev–Trinajstić information content (AvgIpc) is 3.30. The summed E-state index contributed by atoms with van der Waals surface area (Å²) in [7, 11) is 0. The molecule has 0 saturated heterocycles. The Balaban J connectivity index is 2.35. The number of carbonyl (C=O) groups excluding carboxylic acids is 4. The van der Waals surface area contributed by atoms with Crippen LogP contribution in [-0.2, 0) is 35.2 Å². The molecule has 5 unspecified atom stereocenters. The molecule has 0 aliphatic heterocycles. The highest BCUT2D eigenvalue weighted by Crippen LogP contribution is 2.20. The summed E-state index contributed by atoms with van der Waals surface area (Å²) in [6, 6.07) is 1.90. The second-order valence-electron chi connectivity index (χ2n) is 9.61. The van der Waals surface area contributed by atoms with E-state index in [1.54, 1.807) is 26.1 Å². The number of benzene rings is 1. The molecular formula is C26H36N6O8. The third kappa shape index (κ3) is 9.08. The van der Waals surface area contributed by atoms with Gasteiger partial charge < -0.3 is 42.6 Å². The highest BCUT2D eigenvalue weighted by Gasteiger charge is 2.32. The lowest BCUT2D eigenvalue weighted by atomic mass is 9.97. The molecule has 218 valence electrons. The van der Waals surface area contributed by atoms with Crippen molar-refractivity contribution in [1.29, 1.82) is 0 Å². The maximum absolute atomic E-state index is 13.4. The summed E-state index contributed by atoms with van der Waals surface area (Å²) in [6.07, 6.45) is 0.836. The first-order chi connectivity index (χ1) is 18.8. The Hall–Kier alpha value is -4.46. The summed E-state index contributed by atoms with van der Waals surface area (Å²) in [4.78, 5) is 76.4. The van der Waals surface area contributed by atoms with Crippen LogP contribution in [0.4, 0.5) is 0 Å². The maximum Gasteiger partial charge on any atom is 0.326 e. The molecule has 2 rings (SSSR count). The number of primary amides is 1. The number of aliphatic carboxylic acids is 2. The Labute approximate surface area is 230 Å². The van der Waals surface area contributed by atoms with E-state index in [-0.39, 0.29) is 19.3 Å². The average molecular weight is 561 g/mol. The first-order valence-corrected chi connectivity index (χ1v) is 12.8. The number of carboxylic acid groups (broad SMARTS) is 2. The molecule has 1 aromatic carbocycles. The molecule has 0 bridgehead atoms. The third-order valence-electron chi connectivity index (χ3n) is 6.55. The third-order valence-corrected chi connectivity index (χ3v) is 6.55. The number of carbonyl (C=O) groups is 6. The molecule has 10 N–H and O–H groups in total. The van der Waals surface area contributed by atoms with Crippen molar-refractivity contribution in [3.8, 4) is 0 Å². The van der Waals surface area contributed by atoms with Crippen LogP contribution >= 0.6 is 0 Å². The van der Waals surface area contributed by atoms with Gasteiger partial charge in [0, 0.05) is 29.9 Å². The van der Waals surface area contributed by atoms with E-state index in [1.807, 2.05) is 18.2 Å². The monoisotopic (exact) mass is 560 g/mol. The van der Waals surface area contributed by atoms with Crippen molar-refractivity contribution in [1.82, 2.24) is 20.9 Å². The zero-order valence-corrected chi connectivity index (χ0v) is 22.3. The number of rotatable bonds is 16. The lowest BCUT2D eigenvalue weighted by Gasteiger charge is -2.26. The number of nitrogens with two attached hydrogens (primary N) is 2. The molecule has 14 heteroatoms. The molecular weight excluding hydrogens is 524 g/mol. The molecule has 0 fully saturated rings. The summed E-state index contributed by atoms with van der Waals surface area (Å²) in [5, 5.41) is 26.7. The largest absolute Gasteiger partial charge is 0.481 e. The zero-order chi connectivity index (χ0) is 30.0. The van der Waals surface area contributed by atoms with E-state index in [0.29, 0.717) is 12.0 Å². The number of amides is 4. The molecule has 5 atom stereocenters. The molecule has 1 heterocycles. The second-order valence-corrected chi connectivity index (χ2v) is 9.61. The quantitative estimate of drug-likeness (QED) is 0.130. The Morgan fingerprint density at radius 2 is 1.57 bits per heavy atom. The van der Waals surface area contributed by atoms with Crippen molar-refractivity contribution in [3.63, 3.8) is 0 Å². The van der Waals surface area contributed by atoms with Crippen LogP contribution in [0.25, 0.3) is 10.9 Å². The molecule has 0 aliphatic carbocycles. The minimum atomic E-state index is -1.47. The van der Waals surface area contributed by atoms with Gasteiger partial charge in [0.25, 0.3) is 0 Å². The number of fused-ring (bicyclic) bond motifs is 1. The fraction of sp³-hybridized carbons (Fsp3) is 0.462. The minimum absolute atomic E-state index is 0.0382. The van der Waals surface area contributed by atoms with Crippen LogP contribution in [0, 0.1) is 5.92 Å². The standard InChI is InChI=1S/C26H36N6O8/c1-3-13(2)22(26(39)40)32-25(38)19(10-14-12-29-17-7-5-4-6-15(14)17)31-24(37)18(8-9-20(28)33)30-23(36)16(27)11-21(34)35/h4-7,12-13,16,18-19,22,29H,3,8-11,27H2,1-2H3,(H2,28,33)(H,30,36)(H,31,37)(H,32,38)(H,34,35)(H,39,40). The van der Waals surface area contributed by atoms with E-state index in [0.717, 1.165) is 10.9 Å². The molecule has 2 aromatic rings. The Bertz CT molecular complexity index is 1240. The van der Waals surface area contributed by atoms with Gasteiger partial charge in [-0.25, -0.2) is 4.79 Å². The molecule has 14 nitrogen and oxygen atoms in total. The number of nitrogens with one attached hydrogen (secondary N) is 4. The van der Waals surface area contributed by atoms with Gasteiger partial charge in [-0.15, -0.1) is 0 Å². The van der Waals surface area contributed by atoms with E-state index in [4.69, 9.17) is 16.6 Å². The smallest absolute Gasteiger partial charge is 0.326 e. The SMILES string of the molecule is CCC(C)C(NC(=O)C(Cc1c[nH]c2ccccc12)NC(=O)C(CCC(N)=O)NC(=O)C(N)CC(=O)O)C(=O)O. The normalized spacial score (nSPS) is 14.8. The summed E-state index contributed by atoms with van der Waals surface area (Å²) in [5.74, 6) is -6.32. The van der Waals surface area contributed by atoms with Crippen molar-refractivity contribution in [2.24, 2.45) is 17.4 Å². The van der Waals surface area contributed by atoms with Gasteiger partial charge in [0.15, 0.2) is 0 Å². The molecule has 40 heavy (non-hydrogen) atoms. The molecule has 0 radical (unpaired) electrons. The number of H-pyrrole nitrogens is 1. The van der Waals surface area contributed by atoms with Crippen molar-refractivity contribution < 1.29 is 39.0 Å². The van der Waals surface area contributed by atoms with Crippen LogP contribution in [0.2, 0.25) is 0 Å². The summed E-state index contributed by atoms with van der Waals surface area (Å²) < 4.78 is 0. The van der Waals surface area contributed by atoms with Gasteiger partial charge in [-0.2, -0.15) is 0 Å². The van der Waals surface area contributed by atoms with E-state index in [9.17, 15) is 33.9 Å². The number of hydrogen-bond donors (Lipinski definition) is 8. The topological polar surface area (TPSA) is 247 Å². The first-order valence-electron chi connectivity index (χ1n) is 12.8. The van der Waals surface area contributed by atoms with Gasteiger partial charge in [-0.1, -0.05) is 38.5 Å². The van der Waals surface area contributed by atoms with Gasteiger partial charge >= 0.3 is 11.9 Å². The van der Waals surface area contributed by atoms with Gasteiger partial charge in [0.2, 0.25) is 23.6 Å². The Morgan fingerprint density at radius 3 is 2.17 bits per heavy atom. The van der Waals surface area contributed by atoms with Crippen molar-refractivity contribution in [3.05, 3.63) is 36.0 Å². The summed E-state index contributed by atoms with van der Waals surface area (Å²) in [6.45, 7) is 3.45. The minimum Gasteiger partial charge on any atom is -0.481 e. The molecule has 4 amide bonds. The van der Waals surface area contributed by atoms with Crippen molar-refractivity contribution in [2.75, 3.05) is 0 Å². The highest BCUT2D eigenvalue weighted by molar-refractivity contribution is 5.95. The fourth-order valence-corrected chi connectivity index (χ4v) is 4.05. The van der Waals surface area contributed by atoms with E-state index < -0.39 is 72.1 Å². The lowest BCUT2D eigenvalue weighted by molar-refractivity contribution is -0.143. The van der Waals surface area contributed by atoms with Gasteiger partial charge in [-0.3, -0.25) is 24.0 Å². The number of carboxylic acids is 2. The van der Waals surface area contributed by atoms with Crippen molar-refractivity contribution in [2.45, 2.75) is 70.1 Å². The number of para-hydroxylation sites is 1. The highest BCUT2D eigenvalue weighted by atomic mass is 16.4. The summed E-state index contributed by atoms with van der Waals surface area (Å²) in [5.41, 5.74) is 12.2. The number of aromatic nitrogens is 1. The number of aromatic amines is 1. The Morgan fingerprint density at radius 1 is 0.950 bits per heavy atom. The molecule has 0 aliphatic rings. The maximum atomic E-state index is 13.4. The molecule has 1 aromatic heterocycles. The van der Waals surface area contributed by atoms with Crippen LogP contribution in [0.5, 0.6) is 0 Å². The van der Waals surface area contributed by atoms with E-state index in [2.05, 4.69) is 20.9 Å². The fourth-order valence-electron chi connectivity index (χ4n) is 4.05. The number of hydrogen-bond acceptors (Lipinski definition) is 7. The van der Waals surface area contributed by atoms with Gasteiger partial charge in [0.05, 0.1) is 12.5 Å². The van der Waals surface area contributed by atoms with Crippen LogP contribution in [0.15, 0.2) is 30.5 Å². The van der Waals surface area contributed by atoms with Crippen LogP contribution in [0.1, 0.15) is 45.1 Å². The molecule has 0 spiro atoms. The van der Waals surface area contributed by atoms with Crippen LogP contribution < -0.4 is 27.4 Å². The van der Waals surface area contributed by atoms with Crippen LogP contribution in [0.3, 0.4) is 0 Å². The first kappa shape index (κ1) is 31.8. The predicted octanol–water partition coefficient (Wildman–Crippen LogP) is -0.637. The van der Waals surface area contributed by atoms with Gasteiger partial charge in [-0.05, 0) is 24.0 Å². The Kier molecular flexibility index (Phi) is 11.6. The molecule has 0 saturated carbocycles. The van der Waals surface area contributed by atoms with E-state index in [1.165, 1.54) is 0 Å². The van der Waals surface area contributed by atoms with Gasteiger partial charge in [0.1, 0.15) is 18.1 Å². The zero-order valence-electron chi connectivity index (χ0n) is 22.3. The summed E-state index contributed by atoms with van der Waals surface area (Å²) >= 11 is 0. The predicted molar refractivity (Wildman–Crippen MR) is 144 cm³/mol. The van der Waals surface area contributed by atoms with Crippen molar-refractivity contribution >= 4 is 46.5 Å². The second kappa shape index (κ2) is 14.6. The van der Waals surface area contributed by atoms with Crippen LogP contribution in [-0.4, -0.2) is 74.9 Å². The lowest BCUT2D eigenvalue weighted by Crippen LogP contribution is -2.58.